The molecule has 2 aromatic rings. The lowest BCUT2D eigenvalue weighted by atomic mass is 9.82. The number of hydrogen-bond acceptors (Lipinski definition) is 3. The topological polar surface area (TPSA) is 42.7 Å². The van der Waals surface area contributed by atoms with Crippen LogP contribution in [0.5, 0.6) is 0 Å². The van der Waals surface area contributed by atoms with Crippen LogP contribution in [0.1, 0.15) is 68.7 Å². The van der Waals surface area contributed by atoms with E-state index >= 15 is 0 Å². The van der Waals surface area contributed by atoms with Gasteiger partial charge in [-0.15, -0.1) is 10.2 Å². The molecular formula is C20H28N4. The molecule has 2 aliphatic heterocycles. The van der Waals surface area contributed by atoms with Crippen molar-refractivity contribution in [2.75, 3.05) is 0 Å². The molecule has 128 valence electrons. The molecule has 0 spiro atoms. The molecule has 0 radical (unpaired) electrons. The second-order valence-corrected chi connectivity index (χ2v) is 8.05. The van der Waals surface area contributed by atoms with Crippen molar-refractivity contribution in [3.8, 4) is 0 Å². The minimum absolute atomic E-state index is 0.236. The number of rotatable bonds is 4. The number of fused-ring (bicyclic) bond motifs is 2. The molecule has 4 nitrogen and oxygen atoms in total. The standard InChI is InChI=1S/C20H28N4/c1-14(2)19-23-22-15(3)24(19)18-11-17-9-10-20(13-18,21-17)12-16-7-5-4-6-8-16/h4-8,14,17-18,21H,9-13H2,1-3H3. The lowest BCUT2D eigenvalue weighted by Crippen LogP contribution is -2.51. The summed E-state index contributed by atoms with van der Waals surface area (Å²) in [5.74, 6) is 2.64. The monoisotopic (exact) mass is 324 g/mol. The van der Waals surface area contributed by atoms with Crippen LogP contribution in [0.25, 0.3) is 0 Å². The van der Waals surface area contributed by atoms with Crippen LogP contribution in [0.4, 0.5) is 0 Å². The van der Waals surface area contributed by atoms with Gasteiger partial charge in [-0.05, 0) is 44.6 Å². The van der Waals surface area contributed by atoms with Gasteiger partial charge in [0.2, 0.25) is 0 Å². The van der Waals surface area contributed by atoms with E-state index < -0.39 is 0 Å². The number of hydrogen-bond donors (Lipinski definition) is 1. The van der Waals surface area contributed by atoms with E-state index in [0.717, 1.165) is 18.1 Å². The molecule has 1 N–H and O–H groups in total. The predicted octanol–water partition coefficient (Wildman–Crippen LogP) is 3.78. The van der Waals surface area contributed by atoms with Crippen LogP contribution in [0, 0.1) is 6.92 Å². The van der Waals surface area contributed by atoms with Crippen LogP contribution >= 0.6 is 0 Å². The Morgan fingerprint density at radius 2 is 2.04 bits per heavy atom. The normalized spacial score (nSPS) is 29.3. The van der Waals surface area contributed by atoms with Crippen molar-refractivity contribution in [1.82, 2.24) is 20.1 Å². The minimum atomic E-state index is 0.236. The first-order chi connectivity index (χ1) is 11.6. The zero-order valence-electron chi connectivity index (χ0n) is 15.0. The summed E-state index contributed by atoms with van der Waals surface area (Å²) < 4.78 is 2.43. The maximum atomic E-state index is 4.46. The molecule has 2 bridgehead atoms. The molecule has 4 heteroatoms. The highest BCUT2D eigenvalue weighted by molar-refractivity contribution is 5.21. The maximum Gasteiger partial charge on any atom is 0.135 e. The van der Waals surface area contributed by atoms with Crippen LogP contribution in [0.3, 0.4) is 0 Å². The summed E-state index contributed by atoms with van der Waals surface area (Å²) >= 11 is 0. The fraction of sp³-hybridized carbons (Fsp3) is 0.600. The molecule has 0 aliphatic carbocycles. The molecule has 0 amide bonds. The summed E-state index contributed by atoms with van der Waals surface area (Å²) in [5, 5.41) is 12.8. The molecule has 24 heavy (non-hydrogen) atoms. The van der Waals surface area contributed by atoms with Gasteiger partial charge in [-0.1, -0.05) is 44.2 Å². The summed E-state index contributed by atoms with van der Waals surface area (Å²) in [5.41, 5.74) is 1.68. The molecule has 2 fully saturated rings. The molecule has 3 unspecified atom stereocenters. The van der Waals surface area contributed by atoms with Gasteiger partial charge in [0, 0.05) is 23.5 Å². The van der Waals surface area contributed by atoms with E-state index in [2.05, 4.69) is 71.2 Å². The first kappa shape index (κ1) is 15.8. The van der Waals surface area contributed by atoms with Crippen molar-refractivity contribution < 1.29 is 0 Å². The number of nitrogens with one attached hydrogen (secondary N) is 1. The lowest BCUT2D eigenvalue weighted by Gasteiger charge is -2.40. The van der Waals surface area contributed by atoms with Crippen LogP contribution in [0.15, 0.2) is 30.3 Å². The second-order valence-electron chi connectivity index (χ2n) is 8.05. The second kappa shape index (κ2) is 5.99. The predicted molar refractivity (Wildman–Crippen MR) is 96.2 cm³/mol. The van der Waals surface area contributed by atoms with Gasteiger partial charge in [0.15, 0.2) is 0 Å². The zero-order valence-corrected chi connectivity index (χ0v) is 15.0. The van der Waals surface area contributed by atoms with E-state index in [4.69, 9.17) is 0 Å². The third-order valence-corrected chi connectivity index (χ3v) is 5.82. The zero-order chi connectivity index (χ0) is 16.7. The molecular weight excluding hydrogens is 296 g/mol. The van der Waals surface area contributed by atoms with E-state index in [-0.39, 0.29) is 5.54 Å². The third-order valence-electron chi connectivity index (χ3n) is 5.82. The van der Waals surface area contributed by atoms with Crippen molar-refractivity contribution in [2.24, 2.45) is 0 Å². The van der Waals surface area contributed by atoms with Gasteiger partial charge >= 0.3 is 0 Å². The lowest BCUT2D eigenvalue weighted by molar-refractivity contribution is 0.204. The number of nitrogens with zero attached hydrogens (tertiary/aromatic N) is 3. The van der Waals surface area contributed by atoms with Crippen molar-refractivity contribution >= 4 is 0 Å². The van der Waals surface area contributed by atoms with Gasteiger partial charge in [0.05, 0.1) is 0 Å². The summed E-state index contributed by atoms with van der Waals surface area (Å²) in [6.45, 7) is 6.54. The Balaban J connectivity index is 1.63. The van der Waals surface area contributed by atoms with E-state index in [1.807, 2.05) is 0 Å². The van der Waals surface area contributed by atoms with Gasteiger partial charge in [0.1, 0.15) is 11.6 Å². The van der Waals surface area contributed by atoms with E-state index in [1.54, 1.807) is 0 Å². The molecule has 4 rings (SSSR count). The van der Waals surface area contributed by atoms with Gasteiger partial charge < -0.3 is 9.88 Å². The quantitative estimate of drug-likeness (QED) is 0.931. The largest absolute Gasteiger partial charge is 0.312 e. The summed E-state index contributed by atoms with van der Waals surface area (Å²) in [6, 6.07) is 12.1. The van der Waals surface area contributed by atoms with Gasteiger partial charge in [-0.3, -0.25) is 0 Å². The number of aromatic nitrogens is 3. The highest BCUT2D eigenvalue weighted by Gasteiger charge is 2.46. The molecule has 1 aromatic carbocycles. The van der Waals surface area contributed by atoms with Crippen molar-refractivity contribution in [1.29, 1.82) is 0 Å². The van der Waals surface area contributed by atoms with Gasteiger partial charge in [-0.2, -0.15) is 0 Å². The Labute approximate surface area is 144 Å². The number of piperidine rings is 1. The fourth-order valence-corrected chi connectivity index (χ4v) is 4.85. The molecule has 0 saturated carbocycles. The molecule has 1 aromatic heterocycles. The van der Waals surface area contributed by atoms with E-state index in [0.29, 0.717) is 18.0 Å². The SMILES string of the molecule is Cc1nnc(C(C)C)n1C1CC2CCC(Cc3ccccc3)(C1)N2. The van der Waals surface area contributed by atoms with E-state index in [9.17, 15) is 0 Å². The Bertz CT molecular complexity index is 706. The summed E-state index contributed by atoms with van der Waals surface area (Å²) in [6.07, 6.45) is 6.08. The summed E-state index contributed by atoms with van der Waals surface area (Å²) in [4.78, 5) is 0. The maximum absolute atomic E-state index is 4.46. The first-order valence-electron chi connectivity index (χ1n) is 9.29. The average molecular weight is 324 g/mol. The van der Waals surface area contributed by atoms with Crippen LogP contribution < -0.4 is 5.32 Å². The summed E-state index contributed by atoms with van der Waals surface area (Å²) in [7, 11) is 0. The fourth-order valence-electron chi connectivity index (χ4n) is 4.85. The molecule has 2 aliphatic rings. The Morgan fingerprint density at radius 3 is 2.79 bits per heavy atom. The van der Waals surface area contributed by atoms with Crippen molar-refractivity contribution in [2.45, 2.75) is 76.4 Å². The van der Waals surface area contributed by atoms with Crippen molar-refractivity contribution in [3.63, 3.8) is 0 Å². The van der Waals surface area contributed by atoms with Crippen LogP contribution in [0.2, 0.25) is 0 Å². The molecule has 2 saturated heterocycles. The van der Waals surface area contributed by atoms with Crippen LogP contribution in [-0.4, -0.2) is 26.3 Å². The third kappa shape index (κ3) is 2.77. The first-order valence-corrected chi connectivity index (χ1v) is 9.29. The highest BCUT2D eigenvalue weighted by Crippen LogP contribution is 2.43. The Morgan fingerprint density at radius 1 is 1.25 bits per heavy atom. The number of aryl methyl sites for hydroxylation is 1. The minimum Gasteiger partial charge on any atom is -0.312 e. The Kier molecular flexibility index (Phi) is 3.95. The van der Waals surface area contributed by atoms with Crippen LogP contribution in [-0.2, 0) is 6.42 Å². The molecule has 3 heterocycles. The Hall–Kier alpha value is -1.68. The average Bonchev–Trinajstić information content (AvgIpc) is 3.08. The van der Waals surface area contributed by atoms with E-state index in [1.165, 1.54) is 31.2 Å². The smallest absolute Gasteiger partial charge is 0.135 e. The molecule has 3 atom stereocenters. The number of benzene rings is 1. The highest BCUT2D eigenvalue weighted by atomic mass is 15.3. The van der Waals surface area contributed by atoms with Crippen molar-refractivity contribution in [3.05, 3.63) is 47.5 Å². The van der Waals surface area contributed by atoms with Gasteiger partial charge in [-0.25, -0.2) is 0 Å². The van der Waals surface area contributed by atoms with Gasteiger partial charge in [0.25, 0.3) is 0 Å².